The first kappa shape index (κ1) is 32.0. The molecule has 0 aliphatic heterocycles. The average Bonchev–Trinajstić information content (AvgIpc) is 3.23. The quantitative estimate of drug-likeness (QED) is 0.167. The molecule has 1 amide bonds. The molecule has 0 heterocycles. The number of alkyl carbamates (subject to hydrolysis) is 1. The topological polar surface area (TPSA) is 125 Å². The van der Waals surface area contributed by atoms with Crippen LogP contribution in [0.25, 0.3) is 11.1 Å². The second-order valence-electron chi connectivity index (χ2n) is 12.9. The number of fused-ring (bicyclic) bond motifs is 3. The maximum atomic E-state index is 12.9. The van der Waals surface area contributed by atoms with Crippen LogP contribution in [0.1, 0.15) is 89.7 Å². The first-order chi connectivity index (χ1) is 20.4. The van der Waals surface area contributed by atoms with Crippen molar-refractivity contribution in [3.63, 3.8) is 0 Å². The maximum absolute atomic E-state index is 12.9. The van der Waals surface area contributed by atoms with Crippen LogP contribution in [0.5, 0.6) is 0 Å². The first-order valence-corrected chi connectivity index (χ1v) is 15.3. The highest BCUT2D eigenvalue weighted by molar-refractivity contribution is 6.23. The number of carboxylic acids is 1. The normalized spacial score (nSPS) is 17.0. The molecule has 1 atom stereocenters. The largest absolute Gasteiger partial charge is 0.511 e. The number of carbonyl (C=O) groups excluding carboxylic acids is 2. The van der Waals surface area contributed by atoms with Gasteiger partial charge in [-0.2, -0.15) is 0 Å². The molecule has 8 nitrogen and oxygen atoms in total. The van der Waals surface area contributed by atoms with Gasteiger partial charge in [0.1, 0.15) is 12.4 Å². The van der Waals surface area contributed by atoms with Gasteiger partial charge in [0.25, 0.3) is 0 Å². The number of hydrogen-bond donors (Lipinski definition) is 3. The summed E-state index contributed by atoms with van der Waals surface area (Å²) in [6.07, 6.45) is 2.31. The molecule has 43 heavy (non-hydrogen) atoms. The first-order valence-electron chi connectivity index (χ1n) is 15.3. The van der Waals surface area contributed by atoms with Gasteiger partial charge in [-0.15, -0.1) is 0 Å². The second kappa shape index (κ2) is 14.0. The summed E-state index contributed by atoms with van der Waals surface area (Å²) in [5.74, 6) is -0.757. The van der Waals surface area contributed by atoms with Gasteiger partial charge in [-0.05, 0) is 59.3 Å². The Labute approximate surface area is 254 Å². The summed E-state index contributed by atoms with van der Waals surface area (Å²) in [5, 5.41) is 22.9. The predicted molar refractivity (Wildman–Crippen MR) is 168 cm³/mol. The van der Waals surface area contributed by atoms with Crippen LogP contribution in [-0.2, 0) is 14.3 Å². The fraction of sp³-hybridized carbons (Fsp3) is 0.486. The number of aliphatic carboxylic acids is 1. The average molecular weight is 589 g/mol. The molecule has 4 rings (SSSR count). The standard InChI is InChI=1S/C35H44N2O6/c1-22(2)17-29(33-30(38)19-35(3,4)20-31(33)39)36-16-10-9-11-23(18-32(40)41)37-34(42)43-21-28-26-14-7-5-12-24(26)25-13-6-8-15-27(25)28/h5-8,12-15,22-23,28,38H,9-11,16-21H2,1-4H3,(H,37,42)(H,40,41). The molecule has 2 aliphatic carbocycles. The number of unbranched alkanes of at least 4 members (excludes halogenated alkanes) is 1. The van der Waals surface area contributed by atoms with Crippen LogP contribution in [0, 0.1) is 11.3 Å². The van der Waals surface area contributed by atoms with Crippen LogP contribution in [0.2, 0.25) is 0 Å². The third kappa shape index (κ3) is 8.33. The monoisotopic (exact) mass is 588 g/mol. The molecule has 1 unspecified atom stereocenters. The van der Waals surface area contributed by atoms with Gasteiger partial charge < -0.3 is 20.3 Å². The van der Waals surface area contributed by atoms with Gasteiger partial charge in [-0.1, -0.05) is 76.2 Å². The molecule has 0 radical (unpaired) electrons. The van der Waals surface area contributed by atoms with Gasteiger partial charge in [0.2, 0.25) is 0 Å². The van der Waals surface area contributed by atoms with Crippen molar-refractivity contribution in [1.29, 1.82) is 0 Å². The number of ether oxygens (including phenoxy) is 1. The van der Waals surface area contributed by atoms with E-state index in [4.69, 9.17) is 9.73 Å². The molecular formula is C35H44N2O6. The zero-order chi connectivity index (χ0) is 31.1. The Balaban J connectivity index is 1.32. The number of amides is 1. The molecule has 2 aromatic carbocycles. The zero-order valence-electron chi connectivity index (χ0n) is 25.7. The SMILES string of the molecule is CC(C)CC(=NCCCCC(CC(=O)O)NC(=O)OCC1c2ccccc2-c2ccccc21)C1=C(O)CC(C)(C)CC1=O. The number of aliphatic imine (C=N–C) groups is 1. The number of aliphatic hydroxyl groups excluding tert-OH is 1. The Hall–Kier alpha value is -3.94. The van der Waals surface area contributed by atoms with Gasteiger partial charge in [0.05, 0.1) is 12.0 Å². The lowest BCUT2D eigenvalue weighted by atomic mass is 9.75. The number of rotatable bonds is 13. The number of benzene rings is 2. The molecule has 3 N–H and O–H groups in total. The fourth-order valence-electron chi connectivity index (χ4n) is 6.21. The highest BCUT2D eigenvalue weighted by atomic mass is 16.5. The highest BCUT2D eigenvalue weighted by Gasteiger charge is 2.35. The number of nitrogens with zero attached hydrogens (tertiary/aromatic N) is 1. The third-order valence-electron chi connectivity index (χ3n) is 8.09. The maximum Gasteiger partial charge on any atom is 0.407 e. The highest BCUT2D eigenvalue weighted by Crippen LogP contribution is 2.44. The van der Waals surface area contributed by atoms with Crippen molar-refractivity contribution in [3.8, 4) is 11.1 Å². The molecular weight excluding hydrogens is 544 g/mol. The summed E-state index contributed by atoms with van der Waals surface area (Å²) < 4.78 is 5.62. The Kier molecular flexibility index (Phi) is 10.4. The lowest BCUT2D eigenvalue weighted by molar-refractivity contribution is -0.137. The number of nitrogens with one attached hydrogen (secondary N) is 1. The van der Waals surface area contributed by atoms with E-state index in [0.717, 1.165) is 22.3 Å². The van der Waals surface area contributed by atoms with Gasteiger partial charge in [0, 0.05) is 37.1 Å². The molecule has 8 heteroatoms. The van der Waals surface area contributed by atoms with Crippen molar-refractivity contribution in [3.05, 3.63) is 71.0 Å². The number of carboxylic acid groups (broad SMARTS) is 1. The number of aliphatic hydroxyl groups is 1. The van der Waals surface area contributed by atoms with E-state index in [0.29, 0.717) is 56.4 Å². The minimum absolute atomic E-state index is 0.0676. The fourth-order valence-corrected chi connectivity index (χ4v) is 6.21. The van der Waals surface area contributed by atoms with Crippen molar-refractivity contribution in [1.82, 2.24) is 5.32 Å². The summed E-state index contributed by atoms with van der Waals surface area (Å²) in [6, 6.07) is 15.6. The predicted octanol–water partition coefficient (Wildman–Crippen LogP) is 7.23. The van der Waals surface area contributed by atoms with Crippen molar-refractivity contribution in [2.24, 2.45) is 16.3 Å². The number of carbonyl (C=O) groups is 3. The molecule has 0 bridgehead atoms. The second-order valence-corrected chi connectivity index (χ2v) is 12.9. The van der Waals surface area contributed by atoms with E-state index in [1.165, 1.54) is 0 Å². The van der Waals surface area contributed by atoms with Gasteiger partial charge in [-0.25, -0.2) is 4.79 Å². The Morgan fingerprint density at radius 1 is 1.00 bits per heavy atom. The van der Waals surface area contributed by atoms with Crippen molar-refractivity contribution in [2.75, 3.05) is 13.2 Å². The van der Waals surface area contributed by atoms with Crippen molar-refractivity contribution in [2.45, 2.75) is 84.6 Å². The molecule has 0 spiro atoms. The van der Waals surface area contributed by atoms with Crippen LogP contribution in [0.15, 0.2) is 64.9 Å². The van der Waals surface area contributed by atoms with E-state index in [1.807, 2.05) is 50.2 Å². The molecule has 230 valence electrons. The number of hydrogen-bond acceptors (Lipinski definition) is 6. The zero-order valence-corrected chi connectivity index (χ0v) is 25.7. The van der Waals surface area contributed by atoms with Crippen LogP contribution < -0.4 is 5.32 Å². The van der Waals surface area contributed by atoms with Gasteiger partial charge in [0.15, 0.2) is 5.78 Å². The van der Waals surface area contributed by atoms with Gasteiger partial charge >= 0.3 is 12.1 Å². The molecule has 0 saturated carbocycles. The van der Waals surface area contributed by atoms with Crippen LogP contribution >= 0.6 is 0 Å². The van der Waals surface area contributed by atoms with E-state index in [-0.39, 0.29) is 41.8 Å². The number of ketones is 1. The Morgan fingerprint density at radius 3 is 2.21 bits per heavy atom. The molecule has 0 saturated heterocycles. The van der Waals surface area contributed by atoms with Gasteiger partial charge in [-0.3, -0.25) is 14.6 Å². The molecule has 2 aliphatic rings. The minimum atomic E-state index is -0.998. The third-order valence-corrected chi connectivity index (χ3v) is 8.09. The summed E-state index contributed by atoms with van der Waals surface area (Å²) in [4.78, 5) is 41.9. The van der Waals surface area contributed by atoms with E-state index >= 15 is 0 Å². The summed E-state index contributed by atoms with van der Waals surface area (Å²) in [6.45, 7) is 8.65. The van der Waals surface area contributed by atoms with Crippen LogP contribution in [-0.4, -0.2) is 53.0 Å². The lowest BCUT2D eigenvalue weighted by Gasteiger charge is -2.30. The van der Waals surface area contributed by atoms with Crippen LogP contribution in [0.4, 0.5) is 4.79 Å². The minimum Gasteiger partial charge on any atom is -0.511 e. The van der Waals surface area contributed by atoms with E-state index in [1.54, 1.807) is 0 Å². The van der Waals surface area contributed by atoms with Crippen molar-refractivity contribution >= 4 is 23.6 Å². The Bertz CT molecular complexity index is 1360. The summed E-state index contributed by atoms with van der Waals surface area (Å²) >= 11 is 0. The van der Waals surface area contributed by atoms with E-state index < -0.39 is 18.1 Å². The smallest absolute Gasteiger partial charge is 0.407 e. The summed E-state index contributed by atoms with van der Waals surface area (Å²) in [7, 11) is 0. The molecule has 2 aromatic rings. The van der Waals surface area contributed by atoms with E-state index in [9.17, 15) is 24.6 Å². The van der Waals surface area contributed by atoms with Crippen LogP contribution in [0.3, 0.4) is 0 Å². The number of Topliss-reactive ketones (excluding diaryl/α,β-unsaturated/α-hetero) is 1. The Morgan fingerprint density at radius 2 is 1.63 bits per heavy atom. The summed E-state index contributed by atoms with van der Waals surface area (Å²) in [5.41, 5.74) is 5.24. The lowest BCUT2D eigenvalue weighted by Crippen LogP contribution is -2.37. The molecule has 0 aromatic heterocycles. The van der Waals surface area contributed by atoms with Crippen molar-refractivity contribution < 1.29 is 29.3 Å². The molecule has 0 fully saturated rings. The van der Waals surface area contributed by atoms with E-state index in [2.05, 4.69) is 31.3 Å². The number of allylic oxidation sites excluding steroid dienone is 2.